The number of likely N-dealkylation sites (N-methyl/N-ethyl adjacent to an activating group) is 1. The van der Waals surface area contributed by atoms with Gasteiger partial charge in [-0.25, -0.2) is 0 Å². The lowest BCUT2D eigenvalue weighted by atomic mass is 9.98. The van der Waals surface area contributed by atoms with Crippen molar-refractivity contribution in [2.45, 2.75) is 25.3 Å². The Labute approximate surface area is 106 Å². The number of allylic oxidation sites excluding steroid dienone is 1. The first-order valence-electron chi connectivity index (χ1n) is 5.54. The molecule has 0 aliphatic heterocycles. The van der Waals surface area contributed by atoms with E-state index < -0.39 is 0 Å². The Morgan fingerprint density at radius 2 is 2.12 bits per heavy atom. The molecule has 1 atom stereocenters. The summed E-state index contributed by atoms with van der Waals surface area (Å²) >= 11 is 12.3. The predicted molar refractivity (Wildman–Crippen MR) is 70.2 cm³/mol. The number of hydrogen-bond donors (Lipinski definition) is 1. The molecular formula is C13H15Cl2N. The summed E-state index contributed by atoms with van der Waals surface area (Å²) in [6, 6.07) is 6.01. The Morgan fingerprint density at radius 3 is 2.75 bits per heavy atom. The van der Waals surface area contributed by atoms with Crippen LogP contribution in [0.15, 0.2) is 29.8 Å². The number of hydrogen-bond acceptors (Lipinski definition) is 1. The van der Waals surface area contributed by atoms with Gasteiger partial charge in [-0.05, 0) is 37.9 Å². The Kier molecular flexibility index (Phi) is 3.91. The smallest absolute Gasteiger partial charge is 0.0643 e. The summed E-state index contributed by atoms with van der Waals surface area (Å²) in [7, 11) is 1.96. The van der Waals surface area contributed by atoms with Gasteiger partial charge in [0, 0.05) is 0 Å². The van der Waals surface area contributed by atoms with Gasteiger partial charge in [0.2, 0.25) is 0 Å². The van der Waals surface area contributed by atoms with E-state index >= 15 is 0 Å². The first-order chi connectivity index (χ1) is 7.74. The van der Waals surface area contributed by atoms with Crippen molar-refractivity contribution in [2.24, 2.45) is 0 Å². The molecular weight excluding hydrogens is 241 g/mol. The molecule has 16 heavy (non-hydrogen) atoms. The van der Waals surface area contributed by atoms with Crippen molar-refractivity contribution in [3.63, 3.8) is 0 Å². The average molecular weight is 256 g/mol. The molecule has 0 bridgehead atoms. The maximum atomic E-state index is 6.25. The lowest BCUT2D eigenvalue weighted by Gasteiger charge is -2.20. The van der Waals surface area contributed by atoms with E-state index in [1.165, 1.54) is 18.4 Å². The van der Waals surface area contributed by atoms with Gasteiger partial charge in [-0.2, -0.15) is 0 Å². The van der Waals surface area contributed by atoms with Crippen molar-refractivity contribution in [2.75, 3.05) is 7.05 Å². The SMILES string of the molecule is CNC(C1=CCCC1)c1cccc(Cl)c1Cl. The van der Waals surface area contributed by atoms with Gasteiger partial charge in [0.1, 0.15) is 0 Å². The highest BCUT2D eigenvalue weighted by Gasteiger charge is 2.20. The third-order valence-electron chi connectivity index (χ3n) is 3.03. The zero-order valence-electron chi connectivity index (χ0n) is 9.26. The fraction of sp³-hybridized carbons (Fsp3) is 0.385. The molecule has 0 radical (unpaired) electrons. The molecule has 2 rings (SSSR count). The van der Waals surface area contributed by atoms with Crippen LogP contribution in [0, 0.1) is 0 Å². The van der Waals surface area contributed by atoms with Gasteiger partial charge >= 0.3 is 0 Å². The van der Waals surface area contributed by atoms with Gasteiger partial charge in [0.25, 0.3) is 0 Å². The molecule has 1 aromatic rings. The Bertz CT molecular complexity index is 412. The minimum Gasteiger partial charge on any atom is -0.310 e. The first kappa shape index (κ1) is 12.0. The maximum Gasteiger partial charge on any atom is 0.0643 e. The molecule has 0 heterocycles. The lowest BCUT2D eigenvalue weighted by Crippen LogP contribution is -2.18. The molecule has 1 nitrogen and oxygen atoms in total. The Hall–Kier alpha value is -0.500. The summed E-state index contributed by atoms with van der Waals surface area (Å²) in [5, 5.41) is 4.60. The van der Waals surface area contributed by atoms with Crippen LogP contribution in [0.5, 0.6) is 0 Å². The quantitative estimate of drug-likeness (QED) is 0.792. The Balaban J connectivity index is 2.36. The molecule has 1 unspecified atom stereocenters. The summed E-state index contributed by atoms with van der Waals surface area (Å²) in [5.74, 6) is 0. The molecule has 1 aliphatic carbocycles. The van der Waals surface area contributed by atoms with Gasteiger partial charge < -0.3 is 5.32 Å². The topological polar surface area (TPSA) is 12.0 Å². The first-order valence-corrected chi connectivity index (χ1v) is 6.29. The third-order valence-corrected chi connectivity index (χ3v) is 3.86. The van der Waals surface area contributed by atoms with Crippen molar-refractivity contribution in [3.8, 4) is 0 Å². The molecule has 0 fully saturated rings. The molecule has 0 saturated carbocycles. The van der Waals surface area contributed by atoms with Crippen molar-refractivity contribution < 1.29 is 0 Å². The predicted octanol–water partition coefficient (Wildman–Crippen LogP) is 4.36. The molecule has 0 saturated heterocycles. The zero-order chi connectivity index (χ0) is 11.5. The van der Waals surface area contributed by atoms with Gasteiger partial charge in [-0.15, -0.1) is 0 Å². The molecule has 86 valence electrons. The fourth-order valence-electron chi connectivity index (χ4n) is 2.24. The van der Waals surface area contributed by atoms with Gasteiger partial charge in [0.05, 0.1) is 16.1 Å². The minimum absolute atomic E-state index is 0.202. The van der Waals surface area contributed by atoms with Crippen molar-refractivity contribution in [1.29, 1.82) is 0 Å². The summed E-state index contributed by atoms with van der Waals surface area (Å²) in [4.78, 5) is 0. The van der Waals surface area contributed by atoms with Crippen LogP contribution in [0.3, 0.4) is 0 Å². The second kappa shape index (κ2) is 5.22. The number of benzene rings is 1. The minimum atomic E-state index is 0.202. The van der Waals surface area contributed by atoms with Crippen molar-refractivity contribution in [3.05, 3.63) is 45.5 Å². The molecule has 0 aromatic heterocycles. The van der Waals surface area contributed by atoms with Crippen LogP contribution < -0.4 is 5.32 Å². The largest absolute Gasteiger partial charge is 0.310 e. The normalized spacial score (nSPS) is 17.3. The van der Waals surface area contributed by atoms with E-state index in [2.05, 4.69) is 11.4 Å². The van der Waals surface area contributed by atoms with Gasteiger partial charge in [-0.3, -0.25) is 0 Å². The van der Waals surface area contributed by atoms with E-state index in [1.54, 1.807) is 0 Å². The molecule has 3 heteroatoms. The summed E-state index contributed by atoms with van der Waals surface area (Å²) < 4.78 is 0. The third kappa shape index (κ3) is 2.27. The highest BCUT2D eigenvalue weighted by molar-refractivity contribution is 6.42. The van der Waals surface area contributed by atoms with E-state index in [0.717, 1.165) is 12.0 Å². The summed E-state index contributed by atoms with van der Waals surface area (Å²) in [6.45, 7) is 0. The zero-order valence-corrected chi connectivity index (χ0v) is 10.8. The van der Waals surface area contributed by atoms with E-state index in [0.29, 0.717) is 10.0 Å². The number of rotatable bonds is 3. The molecule has 0 amide bonds. The summed E-state index contributed by atoms with van der Waals surface area (Å²) in [6.07, 6.45) is 5.87. The Morgan fingerprint density at radius 1 is 1.31 bits per heavy atom. The highest BCUT2D eigenvalue weighted by Crippen LogP contribution is 2.36. The lowest BCUT2D eigenvalue weighted by molar-refractivity contribution is 0.656. The van der Waals surface area contributed by atoms with E-state index in [9.17, 15) is 0 Å². The van der Waals surface area contributed by atoms with Crippen LogP contribution in [0.1, 0.15) is 30.9 Å². The van der Waals surface area contributed by atoms with E-state index in [-0.39, 0.29) is 6.04 Å². The molecule has 1 aromatic carbocycles. The average Bonchev–Trinajstić information content (AvgIpc) is 2.79. The standard InChI is InChI=1S/C13H15Cl2N/c1-16-13(9-5-2-3-6-9)10-7-4-8-11(14)12(10)15/h4-5,7-8,13,16H,2-3,6H2,1H3. The van der Waals surface area contributed by atoms with Crippen molar-refractivity contribution >= 4 is 23.2 Å². The van der Waals surface area contributed by atoms with Crippen LogP contribution in [0.25, 0.3) is 0 Å². The van der Waals surface area contributed by atoms with Crippen molar-refractivity contribution in [1.82, 2.24) is 5.32 Å². The van der Waals surface area contributed by atoms with E-state index in [1.807, 2.05) is 25.2 Å². The summed E-state index contributed by atoms with van der Waals surface area (Å²) in [5.41, 5.74) is 2.50. The van der Waals surface area contributed by atoms with Gasteiger partial charge in [0.15, 0.2) is 0 Å². The number of nitrogens with one attached hydrogen (secondary N) is 1. The highest BCUT2D eigenvalue weighted by atomic mass is 35.5. The van der Waals surface area contributed by atoms with Crippen LogP contribution in [-0.2, 0) is 0 Å². The monoisotopic (exact) mass is 255 g/mol. The number of halogens is 2. The molecule has 1 aliphatic rings. The maximum absolute atomic E-state index is 6.25. The molecule has 1 N–H and O–H groups in total. The molecule has 0 spiro atoms. The van der Waals surface area contributed by atoms with Gasteiger partial charge in [-0.1, -0.05) is 47.0 Å². The van der Waals surface area contributed by atoms with E-state index in [4.69, 9.17) is 23.2 Å². The second-order valence-electron chi connectivity index (χ2n) is 4.04. The van der Waals surface area contributed by atoms with Crippen LogP contribution in [0.4, 0.5) is 0 Å². The fourth-order valence-corrected chi connectivity index (χ4v) is 2.66. The second-order valence-corrected chi connectivity index (χ2v) is 4.82. The van der Waals surface area contributed by atoms with Crippen LogP contribution in [0.2, 0.25) is 10.0 Å². The van der Waals surface area contributed by atoms with Crippen LogP contribution >= 0.6 is 23.2 Å². The van der Waals surface area contributed by atoms with Crippen LogP contribution in [-0.4, -0.2) is 7.05 Å².